The summed E-state index contributed by atoms with van der Waals surface area (Å²) in [7, 11) is 3.63. The Hall–Kier alpha value is -1.58. The first-order chi connectivity index (χ1) is 7.24. The molecule has 1 aromatic rings. The predicted octanol–water partition coefficient (Wildman–Crippen LogP) is 1.36. The molecule has 0 spiro atoms. The monoisotopic (exact) mass is 205 g/mol. The van der Waals surface area contributed by atoms with Crippen LogP contribution in [-0.4, -0.2) is 35.9 Å². The van der Waals surface area contributed by atoms with Crippen molar-refractivity contribution in [1.29, 1.82) is 0 Å². The fourth-order valence-corrected chi connectivity index (χ4v) is 1.59. The maximum atomic E-state index is 12.1. The number of amides is 1. The van der Waals surface area contributed by atoms with Gasteiger partial charge in [-0.1, -0.05) is 0 Å². The van der Waals surface area contributed by atoms with Gasteiger partial charge in [-0.15, -0.1) is 0 Å². The highest BCUT2D eigenvalue weighted by atomic mass is 16.2. The molecule has 1 N–H and O–H groups in total. The Morgan fingerprint density at radius 2 is 2.33 bits per heavy atom. The molecule has 0 bridgehead atoms. The number of nitrogens with zero attached hydrogens (tertiary/aromatic N) is 2. The van der Waals surface area contributed by atoms with Gasteiger partial charge in [0.1, 0.15) is 5.82 Å². The highest BCUT2D eigenvalue weighted by molar-refractivity contribution is 5.98. The highest BCUT2D eigenvalue weighted by Gasteiger charge is 2.30. The summed E-state index contributed by atoms with van der Waals surface area (Å²) in [6, 6.07) is 4.02. The van der Waals surface area contributed by atoms with Gasteiger partial charge in [0.15, 0.2) is 0 Å². The van der Waals surface area contributed by atoms with E-state index >= 15 is 0 Å². The Morgan fingerprint density at radius 1 is 1.60 bits per heavy atom. The van der Waals surface area contributed by atoms with Crippen molar-refractivity contribution in [3.8, 4) is 0 Å². The molecule has 1 amide bonds. The third-order valence-electron chi connectivity index (χ3n) is 2.69. The Balaban J connectivity index is 2.23. The Labute approximate surface area is 89.3 Å². The van der Waals surface area contributed by atoms with Gasteiger partial charge in [-0.2, -0.15) is 0 Å². The fourth-order valence-electron chi connectivity index (χ4n) is 1.59. The summed E-state index contributed by atoms with van der Waals surface area (Å²) in [6.45, 7) is 0. The van der Waals surface area contributed by atoms with E-state index < -0.39 is 0 Å². The fraction of sp³-hybridized carbons (Fsp3) is 0.455. The summed E-state index contributed by atoms with van der Waals surface area (Å²) < 4.78 is 0. The highest BCUT2D eigenvalue weighted by Crippen LogP contribution is 2.27. The second kappa shape index (κ2) is 3.88. The van der Waals surface area contributed by atoms with E-state index in [1.54, 1.807) is 30.3 Å². The zero-order valence-corrected chi connectivity index (χ0v) is 9.03. The van der Waals surface area contributed by atoms with E-state index in [2.05, 4.69) is 10.3 Å². The third kappa shape index (κ3) is 1.93. The van der Waals surface area contributed by atoms with Crippen molar-refractivity contribution < 1.29 is 4.79 Å². The minimum atomic E-state index is 0.0509. The van der Waals surface area contributed by atoms with E-state index in [0.717, 1.165) is 12.8 Å². The van der Waals surface area contributed by atoms with Crippen molar-refractivity contribution in [2.75, 3.05) is 19.4 Å². The standard InChI is InChI=1S/C11H15N3O/c1-12-10-9(4-3-7-13-10)11(15)14(2)8-5-6-8/h3-4,7-8H,5-6H2,1-2H3,(H,12,13). The number of aromatic nitrogens is 1. The Morgan fingerprint density at radius 3 is 2.93 bits per heavy atom. The first-order valence-corrected chi connectivity index (χ1v) is 5.14. The van der Waals surface area contributed by atoms with E-state index in [0.29, 0.717) is 17.4 Å². The van der Waals surface area contributed by atoms with Crippen LogP contribution < -0.4 is 5.32 Å². The van der Waals surface area contributed by atoms with Crippen molar-refractivity contribution in [3.63, 3.8) is 0 Å². The van der Waals surface area contributed by atoms with Crippen LogP contribution in [0.2, 0.25) is 0 Å². The second-order valence-corrected chi connectivity index (χ2v) is 3.80. The lowest BCUT2D eigenvalue weighted by atomic mass is 10.2. The number of hydrogen-bond donors (Lipinski definition) is 1. The van der Waals surface area contributed by atoms with Crippen LogP contribution in [0.5, 0.6) is 0 Å². The number of rotatable bonds is 3. The molecule has 0 radical (unpaired) electrons. The van der Waals surface area contributed by atoms with E-state index in [1.165, 1.54) is 0 Å². The van der Waals surface area contributed by atoms with E-state index in [9.17, 15) is 4.79 Å². The molecule has 1 fully saturated rings. The number of pyridine rings is 1. The van der Waals surface area contributed by atoms with Gasteiger partial charge in [-0.3, -0.25) is 4.79 Å². The predicted molar refractivity (Wildman–Crippen MR) is 58.9 cm³/mol. The van der Waals surface area contributed by atoms with Crippen molar-refractivity contribution >= 4 is 11.7 Å². The van der Waals surface area contributed by atoms with Crippen LogP contribution >= 0.6 is 0 Å². The topological polar surface area (TPSA) is 45.2 Å². The molecule has 0 saturated heterocycles. The number of carbonyl (C=O) groups is 1. The maximum absolute atomic E-state index is 12.1. The molecule has 80 valence electrons. The van der Waals surface area contributed by atoms with Crippen LogP contribution in [0.4, 0.5) is 5.82 Å². The van der Waals surface area contributed by atoms with Crippen LogP contribution in [0.15, 0.2) is 18.3 Å². The van der Waals surface area contributed by atoms with E-state index in [-0.39, 0.29) is 5.91 Å². The third-order valence-corrected chi connectivity index (χ3v) is 2.69. The van der Waals surface area contributed by atoms with Gasteiger partial charge in [0, 0.05) is 26.3 Å². The van der Waals surface area contributed by atoms with E-state index in [1.807, 2.05) is 7.05 Å². The van der Waals surface area contributed by atoms with Gasteiger partial charge in [-0.25, -0.2) is 4.98 Å². The lowest BCUT2D eigenvalue weighted by Crippen LogP contribution is -2.29. The lowest BCUT2D eigenvalue weighted by molar-refractivity contribution is 0.0785. The zero-order valence-electron chi connectivity index (χ0n) is 9.03. The second-order valence-electron chi connectivity index (χ2n) is 3.80. The number of anilines is 1. The van der Waals surface area contributed by atoms with Crippen LogP contribution in [0.3, 0.4) is 0 Å². The van der Waals surface area contributed by atoms with Gasteiger partial charge in [-0.05, 0) is 25.0 Å². The normalized spacial score (nSPS) is 14.8. The average Bonchev–Trinajstić information content (AvgIpc) is 3.11. The van der Waals surface area contributed by atoms with Crippen LogP contribution in [0, 0.1) is 0 Å². The summed E-state index contributed by atoms with van der Waals surface area (Å²) in [5.74, 6) is 0.699. The number of carbonyl (C=O) groups excluding carboxylic acids is 1. The first kappa shape index (κ1) is 9.96. The van der Waals surface area contributed by atoms with Gasteiger partial charge in [0.25, 0.3) is 5.91 Å². The number of nitrogens with one attached hydrogen (secondary N) is 1. The molecule has 0 aromatic carbocycles. The van der Waals surface area contributed by atoms with Crippen LogP contribution in [0.25, 0.3) is 0 Å². The molecule has 2 rings (SSSR count). The molecule has 1 heterocycles. The molecule has 4 heteroatoms. The summed E-state index contributed by atoms with van der Waals surface area (Å²) in [5.41, 5.74) is 0.648. The van der Waals surface area contributed by atoms with Crippen molar-refractivity contribution in [2.24, 2.45) is 0 Å². The van der Waals surface area contributed by atoms with Crippen molar-refractivity contribution in [3.05, 3.63) is 23.9 Å². The van der Waals surface area contributed by atoms with Gasteiger partial charge < -0.3 is 10.2 Å². The average molecular weight is 205 g/mol. The molecule has 0 unspecified atom stereocenters. The molecule has 1 aromatic heterocycles. The summed E-state index contributed by atoms with van der Waals surface area (Å²) in [6.07, 6.45) is 3.93. The smallest absolute Gasteiger partial charge is 0.257 e. The molecule has 0 aliphatic heterocycles. The van der Waals surface area contributed by atoms with Crippen LogP contribution in [-0.2, 0) is 0 Å². The Bertz CT molecular complexity index is 374. The van der Waals surface area contributed by atoms with Gasteiger partial charge in [0.05, 0.1) is 5.56 Å². The zero-order chi connectivity index (χ0) is 10.8. The van der Waals surface area contributed by atoms with E-state index in [4.69, 9.17) is 0 Å². The Kier molecular flexibility index (Phi) is 2.58. The van der Waals surface area contributed by atoms with Crippen molar-refractivity contribution in [2.45, 2.75) is 18.9 Å². The first-order valence-electron chi connectivity index (χ1n) is 5.14. The lowest BCUT2D eigenvalue weighted by Gasteiger charge is -2.17. The minimum absolute atomic E-state index is 0.0509. The summed E-state index contributed by atoms with van der Waals surface area (Å²) in [5, 5.41) is 2.93. The largest absolute Gasteiger partial charge is 0.372 e. The van der Waals surface area contributed by atoms with Crippen LogP contribution in [0.1, 0.15) is 23.2 Å². The molecule has 1 aliphatic carbocycles. The van der Waals surface area contributed by atoms with Crippen molar-refractivity contribution in [1.82, 2.24) is 9.88 Å². The quantitative estimate of drug-likeness (QED) is 0.810. The maximum Gasteiger partial charge on any atom is 0.257 e. The van der Waals surface area contributed by atoms with Gasteiger partial charge >= 0.3 is 0 Å². The molecule has 0 atom stereocenters. The molecule has 1 aliphatic rings. The molecular weight excluding hydrogens is 190 g/mol. The van der Waals surface area contributed by atoms with Gasteiger partial charge in [0.2, 0.25) is 0 Å². The molecule has 4 nitrogen and oxygen atoms in total. The SMILES string of the molecule is CNc1ncccc1C(=O)N(C)C1CC1. The summed E-state index contributed by atoms with van der Waals surface area (Å²) >= 11 is 0. The molecule has 15 heavy (non-hydrogen) atoms. The number of hydrogen-bond acceptors (Lipinski definition) is 3. The molecular formula is C11H15N3O. The minimum Gasteiger partial charge on any atom is -0.372 e. The molecule has 1 saturated carbocycles. The summed E-state index contributed by atoms with van der Waals surface area (Å²) in [4.78, 5) is 18.0.